The number of anilines is 2. The molecule has 1 atom stereocenters. The molecule has 0 aromatic carbocycles. The third kappa shape index (κ3) is 3.10. The van der Waals surface area contributed by atoms with Crippen LogP contribution in [-0.2, 0) is 4.79 Å². The van der Waals surface area contributed by atoms with Gasteiger partial charge in [0.1, 0.15) is 10.7 Å². The Morgan fingerprint density at radius 1 is 1.43 bits per heavy atom. The Hall–Kier alpha value is -1.83. The van der Waals surface area contributed by atoms with Crippen molar-refractivity contribution in [3.63, 3.8) is 0 Å². The van der Waals surface area contributed by atoms with Gasteiger partial charge in [-0.25, -0.2) is 4.98 Å². The van der Waals surface area contributed by atoms with Gasteiger partial charge in [0.05, 0.1) is 0 Å². The number of nitrogen functional groups attached to an aromatic ring is 1. The van der Waals surface area contributed by atoms with Gasteiger partial charge in [-0.15, -0.1) is 0 Å². The minimum Gasteiger partial charge on any atom is -0.382 e. The first-order valence-electron chi connectivity index (χ1n) is 7.22. The highest BCUT2D eigenvalue weighted by atomic mass is 32.1. The van der Waals surface area contributed by atoms with Crippen LogP contribution < -0.4 is 21.3 Å². The second kappa shape index (κ2) is 5.88. The van der Waals surface area contributed by atoms with Crippen molar-refractivity contribution in [3.05, 3.63) is 4.88 Å². The Kier molecular flexibility index (Phi) is 3.96. The number of rotatable bonds is 3. The lowest BCUT2D eigenvalue weighted by molar-refractivity contribution is -0.122. The fraction of sp³-hybridized carbons (Fsp3) is 0.615. The summed E-state index contributed by atoms with van der Waals surface area (Å²) in [7, 11) is 0. The lowest BCUT2D eigenvalue weighted by Crippen LogP contribution is -2.47. The van der Waals surface area contributed by atoms with Gasteiger partial charge < -0.3 is 21.3 Å². The van der Waals surface area contributed by atoms with Crippen LogP contribution in [0.4, 0.5) is 10.9 Å². The number of piperidine rings is 1. The molecule has 0 saturated carbocycles. The van der Waals surface area contributed by atoms with E-state index in [1.165, 1.54) is 11.3 Å². The number of hydrogen-bond donors (Lipinski definition) is 3. The average molecular weight is 309 g/mol. The van der Waals surface area contributed by atoms with Crippen LogP contribution in [0.1, 0.15) is 35.4 Å². The van der Waals surface area contributed by atoms with E-state index in [-0.39, 0.29) is 17.9 Å². The number of carbonyl (C=O) groups excluding carboxylic acids is 2. The molecule has 1 aromatic heterocycles. The molecule has 2 saturated heterocycles. The lowest BCUT2D eigenvalue weighted by Gasteiger charge is -2.23. The number of thiazole rings is 1. The van der Waals surface area contributed by atoms with Crippen LogP contribution in [0.15, 0.2) is 0 Å². The molecule has 1 aromatic rings. The van der Waals surface area contributed by atoms with Crippen molar-refractivity contribution in [3.8, 4) is 0 Å². The zero-order valence-corrected chi connectivity index (χ0v) is 12.5. The molecule has 2 aliphatic rings. The molecule has 21 heavy (non-hydrogen) atoms. The molecule has 7 nitrogen and oxygen atoms in total. The highest BCUT2D eigenvalue weighted by Gasteiger charge is 2.25. The first-order valence-corrected chi connectivity index (χ1v) is 8.04. The third-order valence-corrected chi connectivity index (χ3v) is 4.96. The molecule has 1 unspecified atom stereocenters. The van der Waals surface area contributed by atoms with Crippen molar-refractivity contribution in [2.75, 3.05) is 30.3 Å². The highest BCUT2D eigenvalue weighted by Crippen LogP contribution is 2.30. The molecule has 3 rings (SSSR count). The molecule has 2 aliphatic heterocycles. The van der Waals surface area contributed by atoms with E-state index in [1.54, 1.807) is 0 Å². The van der Waals surface area contributed by atoms with Gasteiger partial charge in [0.25, 0.3) is 5.91 Å². The van der Waals surface area contributed by atoms with Crippen molar-refractivity contribution in [1.82, 2.24) is 15.6 Å². The van der Waals surface area contributed by atoms with Gasteiger partial charge in [-0.2, -0.15) is 0 Å². The number of nitrogens with two attached hydrogens (primary N) is 1. The average Bonchev–Trinajstić information content (AvgIpc) is 3.10. The summed E-state index contributed by atoms with van der Waals surface area (Å²) in [6.45, 7) is 2.42. The number of nitrogens with one attached hydrogen (secondary N) is 2. The minimum absolute atomic E-state index is 0.0352. The zero-order chi connectivity index (χ0) is 14.8. The number of hydrogen-bond acceptors (Lipinski definition) is 6. The third-order valence-electron chi connectivity index (χ3n) is 3.83. The largest absolute Gasteiger partial charge is 0.382 e. The summed E-state index contributed by atoms with van der Waals surface area (Å²) < 4.78 is 0. The van der Waals surface area contributed by atoms with Gasteiger partial charge in [-0.1, -0.05) is 11.3 Å². The van der Waals surface area contributed by atoms with Crippen molar-refractivity contribution in [2.24, 2.45) is 0 Å². The van der Waals surface area contributed by atoms with E-state index in [9.17, 15) is 9.59 Å². The Morgan fingerprint density at radius 2 is 2.19 bits per heavy atom. The summed E-state index contributed by atoms with van der Waals surface area (Å²) in [5.74, 6) is 0.130. The van der Waals surface area contributed by atoms with Gasteiger partial charge in [-0.3, -0.25) is 9.59 Å². The van der Waals surface area contributed by atoms with E-state index >= 15 is 0 Å². The molecule has 8 heteroatoms. The Morgan fingerprint density at radius 3 is 2.86 bits per heavy atom. The lowest BCUT2D eigenvalue weighted by atomic mass is 10.1. The van der Waals surface area contributed by atoms with E-state index in [0.29, 0.717) is 30.1 Å². The summed E-state index contributed by atoms with van der Waals surface area (Å²) in [6.07, 6.45) is 3.42. The molecular weight excluding hydrogens is 290 g/mol. The minimum atomic E-state index is -0.198. The van der Waals surface area contributed by atoms with Crippen molar-refractivity contribution < 1.29 is 9.59 Å². The van der Waals surface area contributed by atoms with Crippen LogP contribution in [0.25, 0.3) is 0 Å². The summed E-state index contributed by atoms with van der Waals surface area (Å²) in [6, 6.07) is -0.0352. The summed E-state index contributed by atoms with van der Waals surface area (Å²) in [5.41, 5.74) is 5.88. The Labute approximate surface area is 126 Å². The van der Waals surface area contributed by atoms with Crippen LogP contribution in [0, 0.1) is 0 Å². The Bertz CT molecular complexity index is 543. The van der Waals surface area contributed by atoms with Crippen LogP contribution in [-0.4, -0.2) is 42.5 Å². The molecule has 2 fully saturated rings. The van der Waals surface area contributed by atoms with E-state index in [1.807, 2.05) is 0 Å². The van der Waals surface area contributed by atoms with Gasteiger partial charge in [0.2, 0.25) is 5.91 Å². The van der Waals surface area contributed by atoms with Gasteiger partial charge in [-0.05, 0) is 19.3 Å². The predicted octanol–water partition coefficient (Wildman–Crippen LogP) is 0.334. The van der Waals surface area contributed by atoms with Crippen LogP contribution in [0.2, 0.25) is 0 Å². The first-order chi connectivity index (χ1) is 10.1. The fourth-order valence-corrected chi connectivity index (χ4v) is 3.57. The molecule has 2 amide bonds. The second-order valence-electron chi connectivity index (χ2n) is 5.42. The standard InChI is InChI=1S/C13H19N5O2S/c14-11-10(21-13(17-11)18-5-1-2-6-18)12(20)16-8-3-4-9(19)15-7-8/h8H,1-7,14H2,(H,15,19)(H,16,20). The number of aromatic nitrogens is 1. The summed E-state index contributed by atoms with van der Waals surface area (Å²) in [5, 5.41) is 6.49. The van der Waals surface area contributed by atoms with Gasteiger partial charge >= 0.3 is 0 Å². The molecular formula is C13H19N5O2S. The number of amides is 2. The van der Waals surface area contributed by atoms with Crippen LogP contribution in [0.3, 0.4) is 0 Å². The highest BCUT2D eigenvalue weighted by molar-refractivity contribution is 7.18. The van der Waals surface area contributed by atoms with Crippen molar-refractivity contribution in [2.45, 2.75) is 31.7 Å². The molecule has 0 bridgehead atoms. The molecule has 114 valence electrons. The fourth-order valence-electron chi connectivity index (χ4n) is 2.63. The number of carbonyl (C=O) groups is 2. The smallest absolute Gasteiger partial charge is 0.265 e. The second-order valence-corrected chi connectivity index (χ2v) is 6.40. The number of nitrogens with zero attached hydrogens (tertiary/aromatic N) is 2. The normalized spacial score (nSPS) is 22.2. The first kappa shape index (κ1) is 14.1. The van der Waals surface area contributed by atoms with Crippen LogP contribution >= 0.6 is 11.3 Å². The maximum Gasteiger partial charge on any atom is 0.265 e. The Balaban J connectivity index is 1.65. The molecule has 0 aliphatic carbocycles. The zero-order valence-electron chi connectivity index (χ0n) is 11.7. The van der Waals surface area contributed by atoms with Crippen molar-refractivity contribution in [1.29, 1.82) is 0 Å². The van der Waals surface area contributed by atoms with Gasteiger partial charge in [0.15, 0.2) is 5.13 Å². The van der Waals surface area contributed by atoms with Crippen LogP contribution in [0.5, 0.6) is 0 Å². The van der Waals surface area contributed by atoms with E-state index < -0.39 is 0 Å². The van der Waals surface area contributed by atoms with E-state index in [2.05, 4.69) is 20.5 Å². The van der Waals surface area contributed by atoms with Gasteiger partial charge in [0, 0.05) is 32.1 Å². The quantitative estimate of drug-likeness (QED) is 0.747. The topological polar surface area (TPSA) is 100 Å². The predicted molar refractivity (Wildman–Crippen MR) is 81.5 cm³/mol. The molecule has 0 spiro atoms. The maximum absolute atomic E-state index is 12.3. The van der Waals surface area contributed by atoms with Crippen molar-refractivity contribution >= 4 is 34.1 Å². The van der Waals surface area contributed by atoms with E-state index in [0.717, 1.165) is 31.1 Å². The SMILES string of the molecule is Nc1nc(N2CCCC2)sc1C(=O)NC1CCC(=O)NC1. The monoisotopic (exact) mass is 309 g/mol. The maximum atomic E-state index is 12.3. The molecule has 0 radical (unpaired) electrons. The summed E-state index contributed by atoms with van der Waals surface area (Å²) in [4.78, 5) is 30.3. The summed E-state index contributed by atoms with van der Waals surface area (Å²) >= 11 is 1.34. The molecule has 4 N–H and O–H groups in total. The van der Waals surface area contributed by atoms with E-state index in [4.69, 9.17) is 5.73 Å². The molecule has 3 heterocycles.